The highest BCUT2D eigenvalue weighted by Crippen LogP contribution is 2.29. The predicted molar refractivity (Wildman–Crippen MR) is 107 cm³/mol. The molecule has 8 nitrogen and oxygen atoms in total. The Bertz CT molecular complexity index is 972. The third kappa shape index (κ3) is 3.44. The lowest BCUT2D eigenvalue weighted by molar-refractivity contribution is -0.126. The van der Waals surface area contributed by atoms with E-state index in [9.17, 15) is 19.2 Å². The molecule has 0 bridgehead atoms. The van der Waals surface area contributed by atoms with Gasteiger partial charge in [-0.05, 0) is 48.2 Å². The maximum atomic E-state index is 12.6. The standard InChI is InChI=1S/C20H17N3O5S/c1-28-13-8-6-12(7-9-13)21-16-19(26)23(20(27)29-16)11-10-22-17(24)14-4-2-3-5-15(14)18(22)25/h2-9,16,21H,10-11H2,1H3/t16-/m0/s1. The highest BCUT2D eigenvalue weighted by atomic mass is 32.2. The number of carbonyl (C=O) groups excluding carboxylic acids is 4. The van der Waals surface area contributed by atoms with Crippen molar-refractivity contribution >= 4 is 40.4 Å². The molecule has 1 atom stereocenters. The molecule has 2 aromatic carbocycles. The van der Waals surface area contributed by atoms with Crippen LogP contribution in [-0.2, 0) is 4.79 Å². The van der Waals surface area contributed by atoms with E-state index in [1.54, 1.807) is 55.6 Å². The minimum atomic E-state index is -0.766. The van der Waals surface area contributed by atoms with Gasteiger partial charge >= 0.3 is 0 Å². The number of hydrogen-bond donors (Lipinski definition) is 1. The number of imide groups is 2. The number of fused-ring (bicyclic) bond motifs is 1. The summed E-state index contributed by atoms with van der Waals surface area (Å²) < 4.78 is 5.09. The lowest BCUT2D eigenvalue weighted by atomic mass is 10.1. The van der Waals surface area contributed by atoms with Gasteiger partial charge in [0.1, 0.15) is 5.75 Å². The van der Waals surface area contributed by atoms with Crippen molar-refractivity contribution in [1.29, 1.82) is 0 Å². The summed E-state index contributed by atoms with van der Waals surface area (Å²) in [5, 5.41) is 1.83. The summed E-state index contributed by atoms with van der Waals surface area (Å²) in [6, 6.07) is 13.5. The van der Waals surface area contributed by atoms with Crippen LogP contribution in [0, 0.1) is 0 Å². The molecule has 0 spiro atoms. The summed E-state index contributed by atoms with van der Waals surface area (Å²) in [6.07, 6.45) is 0. The van der Waals surface area contributed by atoms with Gasteiger partial charge in [0, 0.05) is 18.8 Å². The molecule has 2 aliphatic heterocycles. The average molecular weight is 411 g/mol. The van der Waals surface area contributed by atoms with E-state index in [2.05, 4.69) is 5.32 Å². The monoisotopic (exact) mass is 411 g/mol. The summed E-state index contributed by atoms with van der Waals surface area (Å²) in [6.45, 7) is -0.0867. The Morgan fingerprint density at radius 1 is 0.897 bits per heavy atom. The number of thioether (sulfide) groups is 1. The van der Waals surface area contributed by atoms with Crippen LogP contribution in [0.1, 0.15) is 20.7 Å². The number of hydrogen-bond acceptors (Lipinski definition) is 7. The van der Waals surface area contributed by atoms with Crippen molar-refractivity contribution in [2.45, 2.75) is 5.37 Å². The smallest absolute Gasteiger partial charge is 0.290 e. The van der Waals surface area contributed by atoms with Crippen LogP contribution >= 0.6 is 11.8 Å². The van der Waals surface area contributed by atoms with Gasteiger partial charge in [-0.2, -0.15) is 0 Å². The minimum absolute atomic E-state index is 0.0420. The van der Waals surface area contributed by atoms with E-state index in [0.29, 0.717) is 22.6 Å². The summed E-state index contributed by atoms with van der Waals surface area (Å²) in [5.74, 6) is -0.553. The number of nitrogens with one attached hydrogen (secondary N) is 1. The molecule has 4 amide bonds. The van der Waals surface area contributed by atoms with E-state index in [-0.39, 0.29) is 13.1 Å². The predicted octanol–water partition coefficient (Wildman–Crippen LogP) is 2.42. The zero-order chi connectivity index (χ0) is 20.5. The molecule has 1 N–H and O–H groups in total. The molecule has 0 aliphatic carbocycles. The maximum absolute atomic E-state index is 12.6. The Kier molecular flexibility index (Phi) is 4.98. The minimum Gasteiger partial charge on any atom is -0.497 e. The van der Waals surface area contributed by atoms with Crippen molar-refractivity contribution in [1.82, 2.24) is 9.80 Å². The van der Waals surface area contributed by atoms with E-state index < -0.39 is 28.3 Å². The van der Waals surface area contributed by atoms with Crippen LogP contribution < -0.4 is 10.1 Å². The Morgan fingerprint density at radius 2 is 1.48 bits per heavy atom. The van der Waals surface area contributed by atoms with Gasteiger partial charge in [-0.25, -0.2) is 0 Å². The van der Waals surface area contributed by atoms with E-state index in [0.717, 1.165) is 21.6 Å². The molecule has 1 saturated heterocycles. The Labute approximate surface area is 170 Å². The van der Waals surface area contributed by atoms with Crippen LogP contribution in [0.3, 0.4) is 0 Å². The molecule has 2 heterocycles. The van der Waals surface area contributed by atoms with Gasteiger partial charge in [0.25, 0.3) is 23.0 Å². The SMILES string of the molecule is COc1ccc(N[C@H]2SC(=O)N(CCN3C(=O)c4ccccc4C3=O)C2=O)cc1. The van der Waals surface area contributed by atoms with Crippen molar-refractivity contribution in [3.05, 3.63) is 59.7 Å². The van der Waals surface area contributed by atoms with Gasteiger partial charge in [-0.15, -0.1) is 0 Å². The van der Waals surface area contributed by atoms with Crippen LogP contribution in [0.2, 0.25) is 0 Å². The zero-order valence-corrected chi connectivity index (χ0v) is 16.3. The van der Waals surface area contributed by atoms with Crippen molar-refractivity contribution in [2.24, 2.45) is 0 Å². The van der Waals surface area contributed by atoms with E-state index in [4.69, 9.17) is 4.74 Å². The van der Waals surface area contributed by atoms with Crippen molar-refractivity contribution in [3.8, 4) is 5.75 Å². The molecule has 0 aromatic heterocycles. The second kappa shape index (κ2) is 7.59. The first kappa shape index (κ1) is 19.0. The highest BCUT2D eigenvalue weighted by Gasteiger charge is 2.41. The summed E-state index contributed by atoms with van der Waals surface area (Å²) >= 11 is 0.865. The molecule has 148 valence electrons. The van der Waals surface area contributed by atoms with Crippen LogP contribution in [0.25, 0.3) is 0 Å². The van der Waals surface area contributed by atoms with E-state index in [1.165, 1.54) is 0 Å². The lowest BCUT2D eigenvalue weighted by Crippen LogP contribution is -2.41. The topological polar surface area (TPSA) is 96.0 Å². The molecule has 0 saturated carbocycles. The van der Waals surface area contributed by atoms with Gasteiger partial charge in [-0.1, -0.05) is 12.1 Å². The van der Waals surface area contributed by atoms with Crippen LogP contribution in [0.4, 0.5) is 10.5 Å². The molecule has 0 unspecified atom stereocenters. The quantitative estimate of drug-likeness (QED) is 0.729. The number of benzene rings is 2. The maximum Gasteiger partial charge on any atom is 0.290 e. The third-order valence-electron chi connectivity index (χ3n) is 4.74. The lowest BCUT2D eigenvalue weighted by Gasteiger charge is -2.19. The summed E-state index contributed by atoms with van der Waals surface area (Å²) in [7, 11) is 1.56. The Hall–Kier alpha value is -3.33. The largest absolute Gasteiger partial charge is 0.497 e. The second-order valence-electron chi connectivity index (χ2n) is 6.43. The Morgan fingerprint density at radius 3 is 2.07 bits per heavy atom. The number of nitrogens with zero attached hydrogens (tertiary/aromatic N) is 2. The Balaban J connectivity index is 1.40. The van der Waals surface area contributed by atoms with Crippen LogP contribution in [0.5, 0.6) is 5.75 Å². The van der Waals surface area contributed by atoms with Gasteiger partial charge in [0.2, 0.25) is 0 Å². The molecular formula is C20H17N3O5S. The first-order chi connectivity index (χ1) is 14.0. The number of methoxy groups -OCH3 is 1. The molecular weight excluding hydrogens is 394 g/mol. The van der Waals surface area contributed by atoms with Gasteiger partial charge in [-0.3, -0.25) is 29.0 Å². The molecule has 4 rings (SSSR count). The molecule has 2 aromatic rings. The van der Waals surface area contributed by atoms with Crippen LogP contribution in [-0.4, -0.2) is 58.3 Å². The first-order valence-electron chi connectivity index (χ1n) is 8.87. The molecule has 2 aliphatic rings. The normalized spacial score (nSPS) is 18.4. The average Bonchev–Trinajstić information content (AvgIpc) is 3.14. The molecule has 29 heavy (non-hydrogen) atoms. The number of amides is 4. The zero-order valence-electron chi connectivity index (χ0n) is 15.5. The fourth-order valence-electron chi connectivity index (χ4n) is 3.22. The van der Waals surface area contributed by atoms with Crippen molar-refractivity contribution in [3.63, 3.8) is 0 Å². The van der Waals surface area contributed by atoms with E-state index in [1.807, 2.05) is 0 Å². The van der Waals surface area contributed by atoms with E-state index >= 15 is 0 Å². The van der Waals surface area contributed by atoms with Crippen molar-refractivity contribution < 1.29 is 23.9 Å². The second-order valence-corrected chi connectivity index (χ2v) is 7.49. The number of rotatable bonds is 6. The van der Waals surface area contributed by atoms with Crippen LogP contribution in [0.15, 0.2) is 48.5 Å². The molecule has 0 radical (unpaired) electrons. The third-order valence-corrected chi connectivity index (χ3v) is 5.72. The highest BCUT2D eigenvalue weighted by molar-refractivity contribution is 8.15. The van der Waals surface area contributed by atoms with Crippen molar-refractivity contribution in [2.75, 3.05) is 25.5 Å². The van der Waals surface area contributed by atoms with Gasteiger partial charge in [0.15, 0.2) is 5.37 Å². The summed E-state index contributed by atoms with van der Waals surface area (Å²) in [4.78, 5) is 51.9. The van der Waals surface area contributed by atoms with Gasteiger partial charge < -0.3 is 10.1 Å². The molecule has 1 fully saturated rings. The summed E-state index contributed by atoms with van der Waals surface area (Å²) in [5.41, 5.74) is 1.35. The molecule has 9 heteroatoms. The number of ether oxygens (including phenoxy) is 1. The fraction of sp³-hybridized carbons (Fsp3) is 0.200. The first-order valence-corrected chi connectivity index (χ1v) is 9.75. The number of carbonyl (C=O) groups is 4. The fourth-order valence-corrected chi connectivity index (χ4v) is 4.15. The number of anilines is 1. The van der Waals surface area contributed by atoms with Gasteiger partial charge in [0.05, 0.1) is 18.2 Å².